The first-order valence-corrected chi connectivity index (χ1v) is 14.1. The van der Waals surface area contributed by atoms with Gasteiger partial charge in [-0.3, -0.25) is 14.2 Å². The average Bonchev–Trinajstić information content (AvgIpc) is 3.45. The molecule has 1 amide bonds. The zero-order valence-corrected chi connectivity index (χ0v) is 22.7. The van der Waals surface area contributed by atoms with Crippen molar-refractivity contribution in [1.82, 2.24) is 9.55 Å². The number of terminal acetylenes is 1. The maximum atomic E-state index is 12.1. The number of nitrogens with zero attached hydrogens (tertiary/aromatic N) is 2. The zero-order valence-electron chi connectivity index (χ0n) is 22.7. The Kier molecular flexibility index (Phi) is 14.8. The van der Waals surface area contributed by atoms with E-state index in [2.05, 4.69) is 30.0 Å². The van der Waals surface area contributed by atoms with Crippen LogP contribution < -0.4 is 5.73 Å². The van der Waals surface area contributed by atoms with Crippen LogP contribution in [0.25, 0.3) is 0 Å². The molecule has 0 unspecified atom stereocenters. The lowest BCUT2D eigenvalue weighted by Crippen LogP contribution is -2.34. The van der Waals surface area contributed by atoms with Crippen LogP contribution in [-0.4, -0.2) is 56.6 Å². The summed E-state index contributed by atoms with van der Waals surface area (Å²) in [5.41, 5.74) is 5.17. The molecule has 1 fully saturated rings. The van der Waals surface area contributed by atoms with Crippen molar-refractivity contribution in [2.75, 3.05) is 6.61 Å². The molecule has 4 N–H and O–H groups in total. The number of aromatic nitrogens is 2. The second kappa shape index (κ2) is 17.8. The quantitative estimate of drug-likeness (QED) is 0.105. The number of rotatable bonds is 19. The number of carbonyl (C=O) groups is 2. The smallest absolute Gasteiger partial charge is 0.305 e. The van der Waals surface area contributed by atoms with Gasteiger partial charge in [0.15, 0.2) is 11.9 Å². The number of hydrogen-bond acceptors (Lipinski definition) is 7. The second-order valence-electron chi connectivity index (χ2n) is 9.92. The molecule has 0 saturated carbocycles. The molecule has 9 heteroatoms. The third-order valence-corrected chi connectivity index (χ3v) is 6.83. The molecule has 0 bridgehead atoms. The van der Waals surface area contributed by atoms with Crippen LogP contribution in [0, 0.1) is 12.3 Å². The first kappa shape index (κ1) is 31.5. The molecule has 2 heterocycles. The van der Waals surface area contributed by atoms with Gasteiger partial charge < -0.3 is 25.4 Å². The first-order valence-electron chi connectivity index (χ1n) is 14.1. The number of imidazole rings is 1. The van der Waals surface area contributed by atoms with E-state index in [1.54, 1.807) is 0 Å². The van der Waals surface area contributed by atoms with Gasteiger partial charge in [-0.15, -0.1) is 6.42 Å². The van der Waals surface area contributed by atoms with Gasteiger partial charge >= 0.3 is 5.97 Å². The summed E-state index contributed by atoms with van der Waals surface area (Å²) in [6.45, 7) is 2.04. The summed E-state index contributed by atoms with van der Waals surface area (Å²) >= 11 is 0. The van der Waals surface area contributed by atoms with E-state index < -0.39 is 30.4 Å². The van der Waals surface area contributed by atoms with Crippen molar-refractivity contribution in [2.24, 2.45) is 5.73 Å². The predicted octanol–water partition coefficient (Wildman–Crippen LogP) is 4.16. The standard InChI is InChI=1S/C29H45N3O6/c1-3-5-6-7-8-9-10-11-12-13-14-15-16-17-18-19-24(33)37-20-23-26(34)27(35)29(38-23)32-21-31-25(28(30)36)22(32)4-2/h2,11-12,21,23,26-27,29,34-35H,3,5-10,13-20H2,1H3,(H2,30,36)/b12-11+/t23-,26-,27-,29-/m1/s1. The minimum Gasteiger partial charge on any atom is -0.463 e. The Morgan fingerprint density at radius 1 is 1.05 bits per heavy atom. The van der Waals surface area contributed by atoms with Gasteiger partial charge in [0.25, 0.3) is 5.91 Å². The van der Waals surface area contributed by atoms with Gasteiger partial charge in [0, 0.05) is 6.42 Å². The molecular formula is C29H45N3O6. The first-order chi connectivity index (χ1) is 18.4. The van der Waals surface area contributed by atoms with E-state index in [-0.39, 0.29) is 30.4 Å². The SMILES string of the molecule is C#Cc1c(C(N)=O)ncn1[C@@H]1O[C@H](COC(=O)CCCCCCC/C=C/CCCCCCCC)[C@@H](O)[C@H]1O. The van der Waals surface area contributed by atoms with Gasteiger partial charge in [-0.05, 0) is 38.0 Å². The van der Waals surface area contributed by atoms with Crippen LogP contribution in [-0.2, 0) is 14.3 Å². The van der Waals surface area contributed by atoms with Gasteiger partial charge in [0.2, 0.25) is 0 Å². The summed E-state index contributed by atoms with van der Waals surface area (Å²) < 4.78 is 12.2. The number of amides is 1. The van der Waals surface area contributed by atoms with Crippen molar-refractivity contribution in [3.63, 3.8) is 0 Å². The van der Waals surface area contributed by atoms with E-state index in [0.717, 1.165) is 38.5 Å². The molecular weight excluding hydrogens is 486 g/mol. The minimum atomic E-state index is -1.36. The van der Waals surface area contributed by atoms with E-state index in [9.17, 15) is 19.8 Å². The Balaban J connectivity index is 1.56. The molecule has 4 atom stereocenters. The fraction of sp³-hybridized carbons (Fsp3) is 0.690. The Morgan fingerprint density at radius 2 is 1.66 bits per heavy atom. The summed E-state index contributed by atoms with van der Waals surface area (Å²) in [5, 5.41) is 20.8. The Hall–Kier alpha value is -2.67. The normalized spacial score (nSPS) is 21.1. The number of nitrogens with two attached hydrogens (primary N) is 1. The van der Waals surface area contributed by atoms with Gasteiger partial charge in [-0.25, -0.2) is 4.98 Å². The van der Waals surface area contributed by atoms with Crippen molar-refractivity contribution < 1.29 is 29.3 Å². The van der Waals surface area contributed by atoms with Crippen LogP contribution in [0.15, 0.2) is 18.5 Å². The van der Waals surface area contributed by atoms with Crippen molar-refractivity contribution >= 4 is 11.9 Å². The van der Waals surface area contributed by atoms with Gasteiger partial charge in [-0.2, -0.15) is 0 Å². The summed E-state index contributed by atoms with van der Waals surface area (Å²) in [4.78, 5) is 27.5. The van der Waals surface area contributed by atoms with Crippen molar-refractivity contribution in [3.05, 3.63) is 29.9 Å². The fourth-order valence-electron chi connectivity index (χ4n) is 4.56. The lowest BCUT2D eigenvalue weighted by atomic mass is 10.1. The van der Waals surface area contributed by atoms with Gasteiger partial charge in [0.1, 0.15) is 30.6 Å². The number of esters is 1. The molecule has 9 nitrogen and oxygen atoms in total. The molecule has 1 aromatic heterocycles. The van der Waals surface area contributed by atoms with Crippen LogP contribution >= 0.6 is 0 Å². The lowest BCUT2D eigenvalue weighted by molar-refractivity contribution is -0.150. The van der Waals surface area contributed by atoms with Gasteiger partial charge in [-0.1, -0.05) is 70.4 Å². The average molecular weight is 532 g/mol. The summed E-state index contributed by atoms with van der Waals surface area (Å²) in [5.74, 6) is 1.11. The molecule has 2 rings (SSSR count). The van der Waals surface area contributed by atoms with Crippen LogP contribution in [0.1, 0.15) is 119 Å². The molecule has 0 spiro atoms. The van der Waals surface area contributed by atoms with Crippen molar-refractivity contribution in [3.8, 4) is 12.3 Å². The molecule has 0 radical (unpaired) electrons. The van der Waals surface area contributed by atoms with Crippen LogP contribution in [0.2, 0.25) is 0 Å². The number of aliphatic hydroxyl groups is 2. The van der Waals surface area contributed by atoms with Crippen LogP contribution in [0.5, 0.6) is 0 Å². The minimum absolute atomic E-state index is 0.0376. The molecule has 1 aliphatic heterocycles. The molecule has 0 aliphatic carbocycles. The van der Waals surface area contributed by atoms with E-state index in [0.29, 0.717) is 0 Å². The number of carbonyl (C=O) groups excluding carboxylic acids is 2. The third-order valence-electron chi connectivity index (χ3n) is 6.83. The fourth-order valence-corrected chi connectivity index (χ4v) is 4.56. The van der Waals surface area contributed by atoms with E-state index in [1.165, 1.54) is 55.8 Å². The van der Waals surface area contributed by atoms with Crippen LogP contribution in [0.4, 0.5) is 0 Å². The zero-order chi connectivity index (χ0) is 27.8. The van der Waals surface area contributed by atoms with Gasteiger partial charge in [0.05, 0.1) is 6.33 Å². The predicted molar refractivity (Wildman–Crippen MR) is 145 cm³/mol. The lowest BCUT2D eigenvalue weighted by Gasteiger charge is -2.17. The molecule has 1 saturated heterocycles. The highest BCUT2D eigenvalue weighted by Gasteiger charge is 2.45. The maximum absolute atomic E-state index is 12.1. The highest BCUT2D eigenvalue weighted by Crippen LogP contribution is 2.31. The Morgan fingerprint density at radius 3 is 2.26 bits per heavy atom. The maximum Gasteiger partial charge on any atom is 0.305 e. The number of primary amides is 1. The number of ether oxygens (including phenoxy) is 2. The second-order valence-corrected chi connectivity index (χ2v) is 9.92. The summed E-state index contributed by atoms with van der Waals surface area (Å²) in [7, 11) is 0. The third kappa shape index (κ3) is 10.2. The van der Waals surface area contributed by atoms with E-state index >= 15 is 0 Å². The van der Waals surface area contributed by atoms with Crippen LogP contribution in [0.3, 0.4) is 0 Å². The van der Waals surface area contributed by atoms with E-state index in [1.807, 2.05) is 0 Å². The molecule has 1 aliphatic rings. The monoisotopic (exact) mass is 531 g/mol. The molecule has 212 valence electrons. The van der Waals surface area contributed by atoms with Crippen molar-refractivity contribution in [2.45, 2.75) is 121 Å². The molecule has 0 aromatic carbocycles. The Labute approximate surface area is 226 Å². The highest BCUT2D eigenvalue weighted by atomic mass is 16.6. The number of allylic oxidation sites excluding steroid dienone is 2. The molecule has 38 heavy (non-hydrogen) atoms. The number of unbranched alkanes of at least 4 members (excludes halogenated alkanes) is 11. The largest absolute Gasteiger partial charge is 0.463 e. The molecule has 1 aromatic rings. The number of hydrogen-bond donors (Lipinski definition) is 3. The highest BCUT2D eigenvalue weighted by molar-refractivity contribution is 5.93. The summed E-state index contributed by atoms with van der Waals surface area (Å²) in [6, 6.07) is 0. The topological polar surface area (TPSA) is 137 Å². The van der Waals surface area contributed by atoms with E-state index in [4.69, 9.17) is 21.6 Å². The Bertz CT molecular complexity index is 922. The van der Waals surface area contributed by atoms with Crippen molar-refractivity contribution in [1.29, 1.82) is 0 Å². The summed E-state index contributed by atoms with van der Waals surface area (Å²) in [6.07, 6.45) is 22.2. The number of aliphatic hydroxyl groups excluding tert-OH is 2.